The van der Waals surface area contributed by atoms with Gasteiger partial charge in [0.1, 0.15) is 5.69 Å². The molecule has 0 saturated heterocycles. The van der Waals surface area contributed by atoms with Crippen molar-refractivity contribution in [3.8, 4) is 0 Å². The number of nitrogens with zero attached hydrogens (tertiary/aromatic N) is 1. The number of anilines is 1. The van der Waals surface area contributed by atoms with Crippen LogP contribution in [0.5, 0.6) is 0 Å². The van der Waals surface area contributed by atoms with E-state index in [1.54, 1.807) is 0 Å². The fourth-order valence-electron chi connectivity index (χ4n) is 3.87. The first kappa shape index (κ1) is 30.4. The number of hydrogen-bond donors (Lipinski definition) is 1. The summed E-state index contributed by atoms with van der Waals surface area (Å²) in [6.07, 6.45) is 20.9. The van der Waals surface area contributed by atoms with E-state index in [0.717, 1.165) is 16.6 Å². The van der Waals surface area contributed by atoms with Gasteiger partial charge in [-0.1, -0.05) is 96.8 Å². The number of rotatable bonds is 18. The predicted molar refractivity (Wildman–Crippen MR) is 134 cm³/mol. The standard InChI is InChI=1S/C27H48N2O.HI/c1-5-6-7-8-9-10-11-12-13-14-15-16-17-18-19-20-27(30)28-25-21-23-26(24-22-25)29(2,3)4;/h21-24H,5-20H2,1-4H3;1H. The van der Waals surface area contributed by atoms with Crippen LogP contribution in [-0.4, -0.2) is 27.1 Å². The highest BCUT2D eigenvalue weighted by Crippen LogP contribution is 2.20. The van der Waals surface area contributed by atoms with Gasteiger partial charge in [-0.25, -0.2) is 0 Å². The second-order valence-corrected chi connectivity index (χ2v) is 9.81. The lowest BCUT2D eigenvalue weighted by Crippen LogP contribution is -3.00. The van der Waals surface area contributed by atoms with Crippen LogP contribution in [0.4, 0.5) is 11.4 Å². The average molecular weight is 545 g/mol. The normalized spacial score (nSPS) is 11.2. The van der Waals surface area contributed by atoms with Crippen molar-refractivity contribution in [1.82, 2.24) is 4.48 Å². The molecular weight excluding hydrogens is 495 g/mol. The second kappa shape index (κ2) is 18.9. The van der Waals surface area contributed by atoms with E-state index in [0.29, 0.717) is 6.42 Å². The van der Waals surface area contributed by atoms with Gasteiger partial charge in [-0.3, -0.25) is 9.28 Å². The molecule has 3 nitrogen and oxygen atoms in total. The highest BCUT2D eigenvalue weighted by atomic mass is 127. The van der Waals surface area contributed by atoms with Crippen molar-refractivity contribution in [2.24, 2.45) is 0 Å². The number of nitrogens with one attached hydrogen (secondary N) is 1. The van der Waals surface area contributed by atoms with E-state index in [4.69, 9.17) is 0 Å². The highest BCUT2D eigenvalue weighted by molar-refractivity contribution is 5.90. The molecule has 0 atom stereocenters. The van der Waals surface area contributed by atoms with Crippen LogP contribution in [0.1, 0.15) is 110 Å². The summed E-state index contributed by atoms with van der Waals surface area (Å²) in [7, 11) is 6.43. The van der Waals surface area contributed by atoms with Gasteiger partial charge in [0.2, 0.25) is 5.91 Å². The number of halogens is 1. The van der Waals surface area contributed by atoms with Gasteiger partial charge in [0.15, 0.2) is 0 Å². The summed E-state index contributed by atoms with van der Waals surface area (Å²) in [4.78, 5) is 12.1. The van der Waals surface area contributed by atoms with Crippen LogP contribution >= 0.6 is 0 Å². The first-order chi connectivity index (χ1) is 14.4. The van der Waals surface area contributed by atoms with Crippen molar-refractivity contribution in [1.29, 1.82) is 0 Å². The summed E-state index contributed by atoms with van der Waals surface area (Å²) in [6, 6.07) is 8.18. The van der Waals surface area contributed by atoms with Gasteiger partial charge in [-0.05, 0) is 18.6 Å². The van der Waals surface area contributed by atoms with Crippen molar-refractivity contribution in [2.75, 3.05) is 26.5 Å². The minimum absolute atomic E-state index is 0. The number of amides is 1. The van der Waals surface area contributed by atoms with Crippen LogP contribution in [0.25, 0.3) is 0 Å². The SMILES string of the molecule is CCCCCCCCCCCCCCCCCC(=O)Nc1ccc([N+](C)(C)C)cc1.[I-]. The Kier molecular flexibility index (Phi) is 18.5. The molecule has 1 rings (SSSR count). The quantitative estimate of drug-likeness (QED) is 0.156. The third-order valence-electron chi connectivity index (χ3n) is 5.93. The van der Waals surface area contributed by atoms with Crippen LogP contribution in [0.2, 0.25) is 0 Å². The molecule has 0 spiro atoms. The largest absolute Gasteiger partial charge is 1.00 e. The van der Waals surface area contributed by atoms with Crippen molar-refractivity contribution in [3.05, 3.63) is 24.3 Å². The Morgan fingerprint density at radius 3 is 1.45 bits per heavy atom. The van der Waals surface area contributed by atoms with E-state index in [-0.39, 0.29) is 29.9 Å². The molecule has 0 aromatic heterocycles. The molecule has 0 saturated carbocycles. The Labute approximate surface area is 210 Å². The van der Waals surface area contributed by atoms with Crippen molar-refractivity contribution in [2.45, 2.75) is 110 Å². The fourth-order valence-corrected chi connectivity index (χ4v) is 3.87. The van der Waals surface area contributed by atoms with Gasteiger partial charge in [0.05, 0.1) is 21.1 Å². The molecule has 1 aromatic carbocycles. The molecule has 0 aliphatic rings. The number of unbranched alkanes of at least 4 members (excludes halogenated alkanes) is 14. The summed E-state index contributed by atoms with van der Waals surface area (Å²) in [5, 5.41) is 3.02. The summed E-state index contributed by atoms with van der Waals surface area (Å²) in [6.45, 7) is 2.28. The fraction of sp³-hybridized carbons (Fsp3) is 0.741. The topological polar surface area (TPSA) is 29.1 Å². The van der Waals surface area contributed by atoms with Crippen molar-refractivity contribution in [3.63, 3.8) is 0 Å². The highest BCUT2D eigenvalue weighted by Gasteiger charge is 2.11. The minimum atomic E-state index is 0. The third kappa shape index (κ3) is 16.6. The number of carbonyl (C=O) groups is 1. The molecule has 1 aromatic rings. The lowest BCUT2D eigenvalue weighted by molar-refractivity contribution is -0.116. The Morgan fingerprint density at radius 1 is 0.677 bits per heavy atom. The van der Waals surface area contributed by atoms with Crippen LogP contribution in [0.3, 0.4) is 0 Å². The zero-order valence-corrected chi connectivity index (χ0v) is 23.0. The minimum Gasteiger partial charge on any atom is -1.00 e. The average Bonchev–Trinajstić information content (AvgIpc) is 2.70. The van der Waals surface area contributed by atoms with E-state index in [1.807, 2.05) is 12.1 Å². The van der Waals surface area contributed by atoms with Crippen molar-refractivity contribution >= 4 is 17.3 Å². The van der Waals surface area contributed by atoms with Gasteiger partial charge in [0, 0.05) is 24.2 Å². The Bertz CT molecular complexity index is 551. The molecule has 31 heavy (non-hydrogen) atoms. The number of hydrogen-bond acceptors (Lipinski definition) is 1. The molecule has 1 amide bonds. The van der Waals surface area contributed by atoms with E-state index in [1.165, 1.54) is 95.6 Å². The van der Waals surface area contributed by atoms with Gasteiger partial charge in [0.25, 0.3) is 0 Å². The van der Waals surface area contributed by atoms with Gasteiger partial charge >= 0.3 is 0 Å². The smallest absolute Gasteiger partial charge is 0.224 e. The summed E-state index contributed by atoms with van der Waals surface area (Å²) in [5.74, 6) is 0.141. The molecule has 4 heteroatoms. The zero-order chi connectivity index (χ0) is 22.1. The second-order valence-electron chi connectivity index (χ2n) is 9.81. The maximum Gasteiger partial charge on any atom is 0.224 e. The van der Waals surface area contributed by atoms with E-state index < -0.39 is 0 Å². The van der Waals surface area contributed by atoms with Gasteiger partial charge in [-0.15, -0.1) is 0 Å². The van der Waals surface area contributed by atoms with Crippen LogP contribution in [0.15, 0.2) is 24.3 Å². The van der Waals surface area contributed by atoms with Crippen LogP contribution < -0.4 is 33.8 Å². The molecule has 0 radical (unpaired) electrons. The monoisotopic (exact) mass is 544 g/mol. The third-order valence-corrected chi connectivity index (χ3v) is 5.93. The van der Waals surface area contributed by atoms with Gasteiger partial charge < -0.3 is 29.3 Å². The number of carbonyl (C=O) groups excluding carboxylic acids is 1. The molecule has 0 aliphatic carbocycles. The van der Waals surface area contributed by atoms with E-state index in [2.05, 4.69) is 45.5 Å². The first-order valence-electron chi connectivity index (χ1n) is 12.7. The van der Waals surface area contributed by atoms with Crippen molar-refractivity contribution < 1.29 is 28.8 Å². The number of benzene rings is 1. The maximum atomic E-state index is 12.1. The maximum absolute atomic E-state index is 12.1. The molecule has 0 unspecified atom stereocenters. The lowest BCUT2D eigenvalue weighted by Gasteiger charge is -2.23. The molecule has 180 valence electrons. The summed E-state index contributed by atoms with van der Waals surface area (Å²) in [5.41, 5.74) is 2.13. The van der Waals surface area contributed by atoms with E-state index in [9.17, 15) is 4.79 Å². The molecule has 0 aliphatic heterocycles. The Hall–Kier alpha value is -0.620. The number of quaternary nitrogens is 1. The van der Waals surface area contributed by atoms with E-state index >= 15 is 0 Å². The summed E-state index contributed by atoms with van der Waals surface area (Å²) >= 11 is 0. The first-order valence-corrected chi connectivity index (χ1v) is 12.7. The Balaban J connectivity index is 0.00000900. The molecule has 0 fully saturated rings. The molecular formula is C27H49IN2O. The molecule has 1 N–H and O–H groups in total. The predicted octanol–water partition coefficient (Wildman–Crippen LogP) is 5.09. The van der Waals surface area contributed by atoms with Crippen LogP contribution in [-0.2, 0) is 4.79 Å². The lowest BCUT2D eigenvalue weighted by atomic mass is 10.0. The Morgan fingerprint density at radius 2 is 1.06 bits per heavy atom. The molecule has 0 heterocycles. The zero-order valence-electron chi connectivity index (χ0n) is 20.9. The van der Waals surface area contributed by atoms with Gasteiger partial charge in [-0.2, -0.15) is 0 Å². The summed E-state index contributed by atoms with van der Waals surface area (Å²) < 4.78 is 0.785. The molecule has 0 bridgehead atoms. The van der Waals surface area contributed by atoms with Crippen LogP contribution in [0, 0.1) is 0 Å².